The average molecular weight is 451 g/mol. The number of halogens is 1. The zero-order chi connectivity index (χ0) is 22.6. The van der Waals surface area contributed by atoms with Crippen LogP contribution in [0.1, 0.15) is 32.3 Å². The Morgan fingerprint density at radius 2 is 1.77 bits per heavy atom. The first-order chi connectivity index (χ1) is 14.6. The third kappa shape index (κ3) is 5.95. The molecule has 0 saturated carbocycles. The van der Waals surface area contributed by atoms with Gasteiger partial charge < -0.3 is 9.47 Å². The van der Waals surface area contributed by atoms with Crippen molar-refractivity contribution in [2.24, 2.45) is 0 Å². The van der Waals surface area contributed by atoms with Gasteiger partial charge in [0.15, 0.2) is 5.82 Å². The quantitative estimate of drug-likeness (QED) is 0.708. The number of amides is 1. The third-order valence-electron chi connectivity index (χ3n) is 4.88. The summed E-state index contributed by atoms with van der Waals surface area (Å²) in [5.41, 5.74) is 0.969. The van der Waals surface area contributed by atoms with Gasteiger partial charge in [-0.3, -0.25) is 5.32 Å². The number of sulfonamides is 1. The number of anilines is 1. The van der Waals surface area contributed by atoms with Crippen molar-refractivity contribution < 1.29 is 27.1 Å². The molecule has 3 rings (SSSR count). The summed E-state index contributed by atoms with van der Waals surface area (Å²) in [5.74, 6) is -0.261. The summed E-state index contributed by atoms with van der Waals surface area (Å²) >= 11 is 0. The minimum absolute atomic E-state index is 0.0134. The molecule has 9 heteroatoms. The maximum atomic E-state index is 14.2. The molecule has 0 radical (unpaired) electrons. The van der Waals surface area contributed by atoms with Crippen LogP contribution in [-0.2, 0) is 14.8 Å². The van der Waals surface area contributed by atoms with Crippen molar-refractivity contribution in [1.29, 1.82) is 0 Å². The van der Waals surface area contributed by atoms with Crippen LogP contribution in [0.2, 0.25) is 0 Å². The number of nitrogens with zero attached hydrogens (tertiary/aromatic N) is 1. The average Bonchev–Trinajstić information content (AvgIpc) is 2.70. The van der Waals surface area contributed by atoms with Crippen molar-refractivity contribution in [3.8, 4) is 5.75 Å². The molecule has 0 unspecified atom stereocenters. The predicted octanol–water partition coefficient (Wildman–Crippen LogP) is 4.32. The molecule has 1 N–H and O–H groups in total. The molecular weight excluding hydrogens is 423 g/mol. The summed E-state index contributed by atoms with van der Waals surface area (Å²) in [5, 5.41) is 2.39. The summed E-state index contributed by atoms with van der Waals surface area (Å²) in [7, 11) is -3.58. The van der Waals surface area contributed by atoms with Crippen molar-refractivity contribution in [2.75, 3.05) is 18.4 Å². The highest BCUT2D eigenvalue weighted by Gasteiger charge is 2.31. The van der Waals surface area contributed by atoms with Crippen LogP contribution in [0.5, 0.6) is 5.75 Å². The Balaban J connectivity index is 1.53. The second-order valence-electron chi connectivity index (χ2n) is 7.76. The first kappa shape index (κ1) is 23.0. The van der Waals surface area contributed by atoms with E-state index in [9.17, 15) is 17.6 Å². The first-order valence-corrected chi connectivity index (χ1v) is 11.6. The Labute approximate surface area is 182 Å². The minimum atomic E-state index is -3.58. The zero-order valence-corrected chi connectivity index (χ0v) is 18.6. The third-order valence-corrected chi connectivity index (χ3v) is 6.80. The summed E-state index contributed by atoms with van der Waals surface area (Å²) < 4.78 is 51.9. The van der Waals surface area contributed by atoms with Gasteiger partial charge in [0.25, 0.3) is 0 Å². The van der Waals surface area contributed by atoms with E-state index in [1.165, 1.54) is 16.4 Å². The number of carbonyl (C=O) groups is 1. The van der Waals surface area contributed by atoms with E-state index in [1.54, 1.807) is 30.3 Å². The number of piperidine rings is 1. The molecule has 1 amide bonds. The lowest BCUT2D eigenvalue weighted by atomic mass is 10.1. The van der Waals surface area contributed by atoms with E-state index in [4.69, 9.17) is 9.47 Å². The predicted molar refractivity (Wildman–Crippen MR) is 115 cm³/mol. The summed E-state index contributed by atoms with van der Waals surface area (Å²) in [6.45, 7) is 6.04. The second kappa shape index (κ2) is 9.65. The van der Waals surface area contributed by atoms with E-state index in [2.05, 4.69) is 5.32 Å². The van der Waals surface area contributed by atoms with Crippen LogP contribution in [0.15, 0.2) is 47.4 Å². The van der Waals surface area contributed by atoms with Gasteiger partial charge in [0.2, 0.25) is 10.0 Å². The van der Waals surface area contributed by atoms with Crippen molar-refractivity contribution in [3.63, 3.8) is 0 Å². The Hall–Kier alpha value is -2.65. The molecule has 1 aliphatic rings. The molecule has 1 aliphatic heterocycles. The van der Waals surface area contributed by atoms with Crippen molar-refractivity contribution in [2.45, 2.75) is 50.7 Å². The Morgan fingerprint density at radius 1 is 1.13 bits per heavy atom. The number of benzene rings is 2. The van der Waals surface area contributed by atoms with Crippen molar-refractivity contribution in [3.05, 3.63) is 53.8 Å². The fourth-order valence-corrected chi connectivity index (χ4v) is 4.75. The van der Waals surface area contributed by atoms with Crippen LogP contribution in [0.4, 0.5) is 14.9 Å². The lowest BCUT2D eigenvalue weighted by Crippen LogP contribution is -2.41. The van der Waals surface area contributed by atoms with Crippen LogP contribution >= 0.6 is 0 Å². The van der Waals surface area contributed by atoms with Gasteiger partial charge in [0.05, 0.1) is 16.7 Å². The molecule has 1 heterocycles. The van der Waals surface area contributed by atoms with E-state index in [-0.39, 0.29) is 29.8 Å². The molecule has 1 fully saturated rings. The summed E-state index contributed by atoms with van der Waals surface area (Å²) in [4.78, 5) is 12.4. The molecule has 0 aromatic heterocycles. The highest BCUT2D eigenvalue weighted by atomic mass is 32.2. The molecule has 0 atom stereocenters. The number of nitrogens with one attached hydrogen (secondary N) is 1. The largest absolute Gasteiger partial charge is 0.491 e. The molecular formula is C22H27FN2O5S. The lowest BCUT2D eigenvalue weighted by Gasteiger charge is -2.30. The fourth-order valence-electron chi connectivity index (χ4n) is 3.28. The maximum absolute atomic E-state index is 14.2. The molecule has 1 saturated heterocycles. The topological polar surface area (TPSA) is 84.9 Å². The molecule has 7 nitrogen and oxygen atoms in total. The number of carbonyl (C=O) groups excluding carboxylic acids is 1. The van der Waals surface area contributed by atoms with Gasteiger partial charge in [0.1, 0.15) is 11.9 Å². The number of ether oxygens (including phenoxy) is 2. The van der Waals surface area contributed by atoms with Crippen molar-refractivity contribution in [1.82, 2.24) is 4.31 Å². The van der Waals surface area contributed by atoms with Gasteiger partial charge in [-0.05, 0) is 57.9 Å². The smallest absolute Gasteiger partial charge is 0.411 e. The molecule has 0 bridgehead atoms. The van der Waals surface area contributed by atoms with Gasteiger partial charge in [-0.2, -0.15) is 4.31 Å². The SMILES string of the molecule is Cc1ccc(S(=O)(=O)N2CCC(OC(=O)Nc3ccc(OC(C)C)cc3F)CC2)cc1. The number of rotatable bonds is 6. The molecule has 0 aliphatic carbocycles. The molecule has 168 valence electrons. The molecule has 2 aromatic carbocycles. The van der Waals surface area contributed by atoms with Crippen LogP contribution in [0.3, 0.4) is 0 Å². The van der Waals surface area contributed by atoms with Crippen LogP contribution < -0.4 is 10.1 Å². The first-order valence-electron chi connectivity index (χ1n) is 10.2. The maximum Gasteiger partial charge on any atom is 0.411 e. The van der Waals surface area contributed by atoms with Gasteiger partial charge in [-0.1, -0.05) is 17.7 Å². The summed E-state index contributed by atoms with van der Waals surface area (Å²) in [6, 6.07) is 10.9. The van der Waals surface area contributed by atoms with Gasteiger partial charge in [-0.15, -0.1) is 0 Å². The fraction of sp³-hybridized carbons (Fsp3) is 0.409. The van der Waals surface area contributed by atoms with Gasteiger partial charge in [0, 0.05) is 19.2 Å². The monoisotopic (exact) mass is 450 g/mol. The van der Waals surface area contributed by atoms with E-state index in [0.29, 0.717) is 18.6 Å². The van der Waals surface area contributed by atoms with Crippen molar-refractivity contribution >= 4 is 21.8 Å². The molecule has 2 aromatic rings. The van der Waals surface area contributed by atoms with Gasteiger partial charge in [-0.25, -0.2) is 17.6 Å². The van der Waals surface area contributed by atoms with Gasteiger partial charge >= 0.3 is 6.09 Å². The van der Waals surface area contributed by atoms with E-state index in [0.717, 1.165) is 5.56 Å². The zero-order valence-electron chi connectivity index (χ0n) is 17.8. The highest BCUT2D eigenvalue weighted by molar-refractivity contribution is 7.89. The molecule has 0 spiro atoms. The number of hydrogen-bond acceptors (Lipinski definition) is 5. The van der Waals surface area contributed by atoms with E-state index >= 15 is 0 Å². The normalized spacial score (nSPS) is 15.6. The van der Waals surface area contributed by atoms with Crippen LogP contribution in [0.25, 0.3) is 0 Å². The minimum Gasteiger partial charge on any atom is -0.491 e. The Kier molecular flexibility index (Phi) is 7.17. The summed E-state index contributed by atoms with van der Waals surface area (Å²) in [6.07, 6.45) is -0.596. The molecule has 31 heavy (non-hydrogen) atoms. The second-order valence-corrected chi connectivity index (χ2v) is 9.69. The van der Waals surface area contributed by atoms with E-state index < -0.39 is 28.0 Å². The van der Waals surface area contributed by atoms with Crippen LogP contribution in [0, 0.1) is 12.7 Å². The standard InChI is InChI=1S/C22H27FN2O5S/c1-15(2)29-18-6-9-21(20(23)14-18)24-22(26)30-17-10-12-25(13-11-17)31(27,28)19-7-4-16(3)5-8-19/h4-9,14-15,17H,10-13H2,1-3H3,(H,24,26). The highest BCUT2D eigenvalue weighted by Crippen LogP contribution is 2.24. The van der Waals surface area contributed by atoms with E-state index in [1.807, 2.05) is 20.8 Å². The van der Waals surface area contributed by atoms with Crippen LogP contribution in [-0.4, -0.2) is 44.1 Å². The lowest BCUT2D eigenvalue weighted by molar-refractivity contribution is 0.0773. The number of hydrogen-bond donors (Lipinski definition) is 1. The Morgan fingerprint density at radius 3 is 2.35 bits per heavy atom. The number of aryl methyl sites for hydroxylation is 1. The Bertz CT molecular complexity index is 1020.